The molecule has 1 saturated heterocycles. The van der Waals surface area contributed by atoms with Gasteiger partial charge in [-0.15, -0.1) is 0 Å². The first-order chi connectivity index (χ1) is 9.50. The third-order valence-electron chi connectivity index (χ3n) is 4.29. The van der Waals surface area contributed by atoms with Gasteiger partial charge in [-0.2, -0.15) is 12.6 Å². The van der Waals surface area contributed by atoms with Crippen LogP contribution < -0.4 is 0 Å². The second-order valence-electron chi connectivity index (χ2n) is 6.75. The van der Waals surface area contributed by atoms with Crippen LogP contribution in [-0.2, 0) is 0 Å². The second-order valence-corrected chi connectivity index (χ2v) is 7.11. The summed E-state index contributed by atoms with van der Waals surface area (Å²) in [5.74, 6) is 1.46. The van der Waals surface area contributed by atoms with Crippen molar-refractivity contribution in [1.82, 2.24) is 9.80 Å². The number of piperazine rings is 1. The standard InChI is InChI=1S/C17H28N2S/c1-17(2,3)19-11-9-18(10-12-19)13-16(14-20)15-7-5-4-6-8-15/h4-8,16,20H,9-14H2,1-3H3. The summed E-state index contributed by atoms with van der Waals surface area (Å²) >= 11 is 4.55. The largest absolute Gasteiger partial charge is 0.300 e. The maximum atomic E-state index is 4.55. The zero-order chi connectivity index (χ0) is 14.6. The minimum atomic E-state index is 0.300. The van der Waals surface area contributed by atoms with Crippen molar-refractivity contribution in [3.63, 3.8) is 0 Å². The molecule has 1 aliphatic rings. The van der Waals surface area contributed by atoms with E-state index in [2.05, 4.69) is 73.5 Å². The lowest BCUT2D eigenvalue weighted by atomic mass is 9.99. The van der Waals surface area contributed by atoms with Crippen molar-refractivity contribution in [3.8, 4) is 0 Å². The van der Waals surface area contributed by atoms with E-state index in [-0.39, 0.29) is 0 Å². The van der Waals surface area contributed by atoms with Gasteiger partial charge in [0.2, 0.25) is 0 Å². The van der Waals surface area contributed by atoms with Crippen molar-refractivity contribution >= 4 is 12.6 Å². The van der Waals surface area contributed by atoms with Crippen LogP contribution in [0, 0.1) is 0 Å². The monoisotopic (exact) mass is 292 g/mol. The normalized spacial score (nSPS) is 20.0. The van der Waals surface area contributed by atoms with Crippen LogP contribution in [0.2, 0.25) is 0 Å². The van der Waals surface area contributed by atoms with Crippen LogP contribution in [0.15, 0.2) is 30.3 Å². The topological polar surface area (TPSA) is 6.48 Å². The van der Waals surface area contributed by atoms with Crippen LogP contribution in [0.3, 0.4) is 0 Å². The third-order valence-corrected chi connectivity index (χ3v) is 4.73. The highest BCUT2D eigenvalue weighted by Gasteiger charge is 2.26. The fourth-order valence-electron chi connectivity index (χ4n) is 2.91. The van der Waals surface area contributed by atoms with Gasteiger partial charge in [-0.3, -0.25) is 4.90 Å². The van der Waals surface area contributed by atoms with Crippen LogP contribution in [0.5, 0.6) is 0 Å². The van der Waals surface area contributed by atoms with E-state index >= 15 is 0 Å². The summed E-state index contributed by atoms with van der Waals surface area (Å²) in [7, 11) is 0. The van der Waals surface area contributed by atoms with Crippen molar-refractivity contribution in [1.29, 1.82) is 0 Å². The molecule has 1 unspecified atom stereocenters. The van der Waals surface area contributed by atoms with E-state index in [0.717, 1.165) is 12.3 Å². The molecule has 20 heavy (non-hydrogen) atoms. The Morgan fingerprint density at radius 2 is 1.65 bits per heavy atom. The summed E-state index contributed by atoms with van der Waals surface area (Å²) in [5.41, 5.74) is 1.72. The molecule has 0 saturated carbocycles. The molecular weight excluding hydrogens is 264 g/mol. The quantitative estimate of drug-likeness (QED) is 0.852. The zero-order valence-electron chi connectivity index (χ0n) is 13.0. The average molecular weight is 292 g/mol. The Morgan fingerprint density at radius 1 is 1.05 bits per heavy atom. The first kappa shape index (κ1) is 15.9. The van der Waals surface area contributed by atoms with Crippen LogP contribution in [0.25, 0.3) is 0 Å². The lowest BCUT2D eigenvalue weighted by Crippen LogP contribution is -2.53. The molecule has 2 rings (SSSR count). The fourth-order valence-corrected chi connectivity index (χ4v) is 3.23. The van der Waals surface area contributed by atoms with Crippen molar-refractivity contribution in [3.05, 3.63) is 35.9 Å². The molecule has 112 valence electrons. The lowest BCUT2D eigenvalue weighted by molar-refractivity contribution is 0.0605. The second kappa shape index (κ2) is 6.97. The van der Waals surface area contributed by atoms with Gasteiger partial charge in [0, 0.05) is 44.2 Å². The molecular formula is C17H28N2S. The minimum Gasteiger partial charge on any atom is -0.300 e. The summed E-state index contributed by atoms with van der Waals surface area (Å²) in [6, 6.07) is 10.8. The fraction of sp³-hybridized carbons (Fsp3) is 0.647. The first-order valence-electron chi connectivity index (χ1n) is 7.64. The van der Waals surface area contributed by atoms with Crippen LogP contribution in [0.4, 0.5) is 0 Å². The predicted molar refractivity (Wildman–Crippen MR) is 90.8 cm³/mol. The molecule has 0 bridgehead atoms. The highest BCUT2D eigenvalue weighted by Crippen LogP contribution is 2.21. The van der Waals surface area contributed by atoms with Crippen molar-refractivity contribution in [2.75, 3.05) is 38.5 Å². The Balaban J connectivity index is 1.88. The van der Waals surface area contributed by atoms with Gasteiger partial charge in [0.05, 0.1) is 0 Å². The molecule has 1 heterocycles. The Bertz CT molecular complexity index is 391. The molecule has 1 atom stereocenters. The van der Waals surface area contributed by atoms with Crippen LogP contribution >= 0.6 is 12.6 Å². The van der Waals surface area contributed by atoms with E-state index in [1.165, 1.54) is 31.7 Å². The number of rotatable bonds is 4. The lowest BCUT2D eigenvalue weighted by Gasteiger charge is -2.43. The molecule has 1 aliphatic heterocycles. The van der Waals surface area contributed by atoms with Gasteiger partial charge < -0.3 is 4.90 Å². The molecule has 1 aromatic rings. The minimum absolute atomic E-state index is 0.300. The van der Waals surface area contributed by atoms with Crippen molar-refractivity contribution in [2.24, 2.45) is 0 Å². The summed E-state index contributed by atoms with van der Waals surface area (Å²) in [6.45, 7) is 12.8. The average Bonchev–Trinajstić information content (AvgIpc) is 2.45. The van der Waals surface area contributed by atoms with Gasteiger partial charge >= 0.3 is 0 Å². The first-order valence-corrected chi connectivity index (χ1v) is 8.27. The summed E-state index contributed by atoms with van der Waals surface area (Å²) < 4.78 is 0. The molecule has 0 spiro atoms. The van der Waals surface area contributed by atoms with Gasteiger partial charge in [0.1, 0.15) is 0 Å². The molecule has 2 nitrogen and oxygen atoms in total. The Hall–Kier alpha value is -0.510. The highest BCUT2D eigenvalue weighted by atomic mass is 32.1. The van der Waals surface area contributed by atoms with E-state index in [4.69, 9.17) is 0 Å². The molecule has 0 aromatic heterocycles. The molecule has 0 radical (unpaired) electrons. The van der Waals surface area contributed by atoms with E-state index in [1.807, 2.05) is 0 Å². The summed E-state index contributed by atoms with van der Waals surface area (Å²) in [5, 5.41) is 0. The number of thiol groups is 1. The number of hydrogen-bond donors (Lipinski definition) is 1. The Kier molecular flexibility index (Phi) is 5.53. The highest BCUT2D eigenvalue weighted by molar-refractivity contribution is 7.80. The molecule has 0 amide bonds. The van der Waals surface area contributed by atoms with Crippen molar-refractivity contribution in [2.45, 2.75) is 32.2 Å². The number of benzene rings is 1. The van der Waals surface area contributed by atoms with E-state index < -0.39 is 0 Å². The third kappa shape index (κ3) is 4.24. The Labute approximate surface area is 129 Å². The van der Waals surface area contributed by atoms with Gasteiger partial charge in [0.25, 0.3) is 0 Å². The predicted octanol–water partition coefficient (Wildman–Crippen LogP) is 3.12. The number of nitrogens with zero attached hydrogens (tertiary/aromatic N) is 2. The molecule has 0 N–H and O–H groups in total. The molecule has 3 heteroatoms. The Morgan fingerprint density at radius 3 is 2.15 bits per heavy atom. The van der Waals surface area contributed by atoms with Crippen LogP contribution in [-0.4, -0.2) is 53.8 Å². The summed E-state index contributed by atoms with van der Waals surface area (Å²) in [6.07, 6.45) is 0. The smallest absolute Gasteiger partial charge is 0.0126 e. The van der Waals surface area contributed by atoms with E-state index in [1.54, 1.807) is 0 Å². The van der Waals surface area contributed by atoms with Gasteiger partial charge in [-0.1, -0.05) is 30.3 Å². The van der Waals surface area contributed by atoms with E-state index in [0.29, 0.717) is 11.5 Å². The van der Waals surface area contributed by atoms with Gasteiger partial charge in [-0.25, -0.2) is 0 Å². The van der Waals surface area contributed by atoms with Crippen molar-refractivity contribution < 1.29 is 0 Å². The maximum absolute atomic E-state index is 4.55. The molecule has 1 fully saturated rings. The summed E-state index contributed by atoms with van der Waals surface area (Å²) in [4.78, 5) is 5.18. The van der Waals surface area contributed by atoms with Gasteiger partial charge in [0.15, 0.2) is 0 Å². The van der Waals surface area contributed by atoms with Crippen LogP contribution in [0.1, 0.15) is 32.3 Å². The SMILES string of the molecule is CC(C)(C)N1CCN(CC(CS)c2ccccc2)CC1. The molecule has 0 aliphatic carbocycles. The zero-order valence-corrected chi connectivity index (χ0v) is 13.9. The number of hydrogen-bond acceptors (Lipinski definition) is 3. The maximum Gasteiger partial charge on any atom is 0.0126 e. The van der Waals surface area contributed by atoms with E-state index in [9.17, 15) is 0 Å². The van der Waals surface area contributed by atoms with Gasteiger partial charge in [-0.05, 0) is 32.1 Å². The molecule has 1 aromatic carbocycles.